The van der Waals surface area contributed by atoms with Gasteiger partial charge in [0.05, 0.1) is 16.8 Å². The lowest BCUT2D eigenvalue weighted by atomic mass is 9.70. The number of hydrogen-bond donors (Lipinski definition) is 0. The molecule has 0 amide bonds. The Morgan fingerprint density at radius 1 is 0.456 bits per heavy atom. The topological polar surface area (TPSA) is 19.6 Å². The van der Waals surface area contributed by atoms with Gasteiger partial charge in [-0.1, -0.05) is 207 Å². The lowest BCUT2D eigenvalue weighted by Gasteiger charge is -2.34. The number of furan rings is 1. The zero-order valence-electron chi connectivity index (χ0n) is 45.2. The minimum absolute atomic E-state index is 0.775. The van der Waals surface area contributed by atoms with Crippen molar-refractivity contribution in [3.8, 4) is 44.5 Å². The lowest BCUT2D eigenvalue weighted by Crippen LogP contribution is -2.27. The minimum Gasteiger partial charge on any atom is -0.454 e. The molecule has 79 heavy (non-hydrogen) atoms. The summed E-state index contributed by atoms with van der Waals surface area (Å²) < 4.78 is 7.42. The third kappa shape index (κ3) is 7.26. The highest BCUT2D eigenvalue weighted by Crippen LogP contribution is 2.67. The summed E-state index contributed by atoms with van der Waals surface area (Å²) in [6.07, 6.45) is 6.37. The van der Waals surface area contributed by atoms with Gasteiger partial charge in [0.15, 0.2) is 5.58 Å². The number of para-hydroxylation sites is 2. The predicted octanol–water partition coefficient (Wildman–Crippen LogP) is 21.0. The molecule has 0 fully saturated rings. The number of anilines is 5. The summed E-state index contributed by atoms with van der Waals surface area (Å²) in [5, 5.41) is 4.48. The molecule has 0 aliphatic heterocycles. The van der Waals surface area contributed by atoms with Gasteiger partial charge in [-0.2, -0.15) is 0 Å². The van der Waals surface area contributed by atoms with Gasteiger partial charge in [-0.25, -0.2) is 0 Å². The predicted molar refractivity (Wildman–Crippen MR) is 334 cm³/mol. The van der Waals surface area contributed by atoms with Crippen molar-refractivity contribution in [3.63, 3.8) is 0 Å². The van der Waals surface area contributed by atoms with Gasteiger partial charge in [-0.15, -0.1) is 0 Å². The summed E-state index contributed by atoms with van der Waals surface area (Å²) in [4.78, 5) is 4.88. The summed E-state index contributed by atoms with van der Waals surface area (Å²) in [6.45, 7) is 15.9. The second kappa shape index (κ2) is 18.8. The molecule has 0 saturated heterocycles. The van der Waals surface area contributed by atoms with E-state index in [1.165, 1.54) is 83.3 Å². The van der Waals surface area contributed by atoms with Gasteiger partial charge in [0.1, 0.15) is 5.58 Å². The molecule has 0 N–H and O–H groups in total. The second-order valence-corrected chi connectivity index (χ2v) is 21.3. The molecule has 3 nitrogen and oxygen atoms in total. The van der Waals surface area contributed by atoms with E-state index in [9.17, 15) is 0 Å². The fraction of sp³-hybridized carbons (Fsp3) is 0.0789. The number of aryl methyl sites for hydroxylation is 3. The minimum atomic E-state index is -0.775. The van der Waals surface area contributed by atoms with Gasteiger partial charge in [-0.05, 0) is 178 Å². The van der Waals surface area contributed by atoms with Crippen LogP contribution in [0.2, 0.25) is 0 Å². The third-order valence-electron chi connectivity index (χ3n) is 16.9. The molecular formula is C76H58N2O. The fourth-order valence-corrected chi connectivity index (χ4v) is 13.2. The Morgan fingerprint density at radius 2 is 0.987 bits per heavy atom. The zero-order valence-corrected chi connectivity index (χ0v) is 45.2. The number of rotatable bonds is 10. The van der Waals surface area contributed by atoms with E-state index in [1.807, 2.05) is 0 Å². The van der Waals surface area contributed by atoms with Crippen LogP contribution in [-0.4, -0.2) is 0 Å². The van der Waals surface area contributed by atoms with E-state index in [-0.39, 0.29) is 0 Å². The first kappa shape index (κ1) is 47.7. The lowest BCUT2D eigenvalue weighted by molar-refractivity contribution is 0.668. The van der Waals surface area contributed by atoms with Crippen LogP contribution in [0, 0.1) is 20.8 Å². The van der Waals surface area contributed by atoms with E-state index < -0.39 is 5.41 Å². The molecule has 0 atom stereocenters. The summed E-state index contributed by atoms with van der Waals surface area (Å²) in [5.74, 6) is 0. The summed E-state index contributed by atoms with van der Waals surface area (Å²) in [7, 11) is 0. The highest BCUT2D eigenvalue weighted by Gasteiger charge is 2.54. The molecular weight excluding hydrogens is 957 g/mol. The van der Waals surface area contributed by atoms with Crippen molar-refractivity contribution in [3.05, 3.63) is 306 Å². The summed E-state index contributed by atoms with van der Waals surface area (Å²) >= 11 is 0. The summed E-state index contributed by atoms with van der Waals surface area (Å²) in [5.41, 5.74) is 26.3. The molecule has 12 aromatic rings. The molecule has 0 saturated carbocycles. The van der Waals surface area contributed by atoms with Gasteiger partial charge in [0.25, 0.3) is 0 Å². The van der Waals surface area contributed by atoms with Crippen molar-refractivity contribution < 1.29 is 4.42 Å². The van der Waals surface area contributed by atoms with Crippen LogP contribution >= 0.6 is 0 Å². The first-order valence-corrected chi connectivity index (χ1v) is 27.5. The first-order valence-electron chi connectivity index (χ1n) is 27.5. The number of allylic oxidation sites excluding steroid dienone is 4. The Morgan fingerprint density at radius 3 is 1.65 bits per heavy atom. The quantitative estimate of drug-likeness (QED) is 0.127. The van der Waals surface area contributed by atoms with Crippen LogP contribution in [0.5, 0.6) is 0 Å². The molecule has 1 spiro atoms. The van der Waals surface area contributed by atoms with E-state index in [0.29, 0.717) is 0 Å². The molecule has 11 aromatic carbocycles. The Labute approximate surface area is 463 Å². The molecule has 0 bridgehead atoms. The van der Waals surface area contributed by atoms with Crippen LogP contribution in [0.25, 0.3) is 77.2 Å². The highest BCUT2D eigenvalue weighted by atomic mass is 16.3. The maximum absolute atomic E-state index is 7.42. The second-order valence-electron chi connectivity index (χ2n) is 21.3. The van der Waals surface area contributed by atoms with Gasteiger partial charge < -0.3 is 14.2 Å². The average Bonchev–Trinajstić information content (AvgIpc) is 2.67. The van der Waals surface area contributed by atoms with Crippen LogP contribution < -0.4 is 9.80 Å². The van der Waals surface area contributed by atoms with Gasteiger partial charge in [-0.3, -0.25) is 0 Å². The van der Waals surface area contributed by atoms with Crippen molar-refractivity contribution in [1.82, 2.24) is 0 Å². The van der Waals surface area contributed by atoms with E-state index in [0.717, 1.165) is 72.6 Å². The van der Waals surface area contributed by atoms with E-state index in [1.54, 1.807) is 0 Å². The molecule has 2 aliphatic carbocycles. The molecule has 0 radical (unpaired) electrons. The van der Waals surface area contributed by atoms with Crippen LogP contribution in [0.3, 0.4) is 0 Å². The van der Waals surface area contributed by atoms with E-state index in [2.05, 4.69) is 293 Å². The Hall–Kier alpha value is -9.70. The van der Waals surface area contributed by atoms with Crippen molar-refractivity contribution in [2.45, 2.75) is 40.0 Å². The van der Waals surface area contributed by atoms with Crippen LogP contribution in [0.4, 0.5) is 28.4 Å². The Kier molecular flexibility index (Phi) is 11.4. The maximum Gasteiger partial charge on any atom is 0.160 e. The van der Waals surface area contributed by atoms with Crippen LogP contribution in [-0.2, 0) is 5.41 Å². The fourth-order valence-electron chi connectivity index (χ4n) is 13.2. The van der Waals surface area contributed by atoms with Crippen molar-refractivity contribution in [2.24, 2.45) is 0 Å². The van der Waals surface area contributed by atoms with Crippen molar-refractivity contribution >= 4 is 61.1 Å². The number of benzene rings is 11. The van der Waals surface area contributed by atoms with Gasteiger partial charge >= 0.3 is 0 Å². The Bertz CT molecular complexity index is 4470. The van der Waals surface area contributed by atoms with Crippen molar-refractivity contribution in [2.75, 3.05) is 9.80 Å². The smallest absolute Gasteiger partial charge is 0.160 e. The molecule has 1 heterocycles. The van der Waals surface area contributed by atoms with Gasteiger partial charge in [0.2, 0.25) is 0 Å². The molecule has 14 rings (SSSR count). The monoisotopic (exact) mass is 1010 g/mol. The molecule has 1 aromatic heterocycles. The number of hydrogen-bond acceptors (Lipinski definition) is 3. The maximum atomic E-state index is 7.42. The van der Waals surface area contributed by atoms with Crippen molar-refractivity contribution in [1.29, 1.82) is 0 Å². The highest BCUT2D eigenvalue weighted by molar-refractivity contribution is 6.24. The van der Waals surface area contributed by atoms with Crippen LogP contribution in [0.1, 0.15) is 52.8 Å². The number of fused-ring (bicyclic) bond motifs is 16. The van der Waals surface area contributed by atoms with Crippen LogP contribution in [0.15, 0.2) is 271 Å². The third-order valence-corrected chi connectivity index (χ3v) is 16.9. The molecule has 378 valence electrons. The summed E-state index contributed by atoms with van der Waals surface area (Å²) in [6, 6.07) is 85.1. The largest absolute Gasteiger partial charge is 0.454 e. The first-order chi connectivity index (χ1) is 38.8. The average molecular weight is 1020 g/mol. The normalized spacial score (nSPS) is 13.1. The van der Waals surface area contributed by atoms with E-state index in [4.69, 9.17) is 11.0 Å². The Balaban J connectivity index is 1.15. The van der Waals surface area contributed by atoms with E-state index >= 15 is 0 Å². The standard InChI is InChI=1S/C76H58N2O/c1-7-8-25-48(2)52(6)77(55-42-40-49(3)62(44-55)53-27-11-9-12-28-53)69-46-66-72(60-34-17-16-33-59(60)69)74-67(76(66)64-36-21-18-31-57(64)58-32-19-22-37-65(58)76)47-70(75-73(74)61-35-20-24-39-71(61)79-75)78(68-38-23-15-26-51(68)5)56-43-41-50(4)63(45-56)54-29-13-10-14-30-54/h7-47H,6H2,1-5H3/b8-7-,48-25-. The van der Waals surface area contributed by atoms with Gasteiger partial charge in [0, 0.05) is 38.9 Å². The molecule has 0 unspecified atom stereocenters. The number of nitrogens with zero attached hydrogens (tertiary/aromatic N) is 2. The zero-order chi connectivity index (χ0) is 53.5. The molecule has 3 heteroatoms. The SMILES string of the molecule is C=C(/C(C)=C\C=C/C)N(c1ccc(C)c(-c2ccccc2)c1)c1cc2c(c3ccccc13)-c1c(cc(N(c3ccc(C)c(-c4ccccc4)c3)c3ccccc3C)c3oc4ccccc4c13)C21c2ccccc2-c2ccccc21. The molecule has 2 aliphatic rings.